The first-order valence-corrected chi connectivity index (χ1v) is 6.63. The van der Waals surface area contributed by atoms with Gasteiger partial charge in [0, 0.05) is 7.11 Å². The average Bonchev–Trinajstić information content (AvgIpc) is 2.26. The fourth-order valence-electron chi connectivity index (χ4n) is 1.78. The molecule has 0 aliphatic heterocycles. The van der Waals surface area contributed by atoms with Crippen LogP contribution in [0.25, 0.3) is 0 Å². The molecule has 0 bridgehead atoms. The Morgan fingerprint density at radius 3 is 2.50 bits per heavy atom. The van der Waals surface area contributed by atoms with Crippen molar-refractivity contribution in [2.75, 3.05) is 20.0 Å². The van der Waals surface area contributed by atoms with Crippen molar-refractivity contribution in [3.63, 3.8) is 0 Å². The molecular formula is C10H18O2S2. The van der Waals surface area contributed by atoms with Gasteiger partial charge in [0.15, 0.2) is 0 Å². The van der Waals surface area contributed by atoms with Crippen LogP contribution >= 0.6 is 24.0 Å². The largest absolute Gasteiger partial charge is 0.478 e. The van der Waals surface area contributed by atoms with Gasteiger partial charge < -0.3 is 9.47 Å². The number of rotatable bonds is 3. The van der Waals surface area contributed by atoms with E-state index in [4.69, 9.17) is 21.7 Å². The van der Waals surface area contributed by atoms with E-state index < -0.39 is 0 Å². The Morgan fingerprint density at radius 2 is 2.00 bits per heavy atom. The molecule has 0 saturated heterocycles. The first-order valence-electron chi connectivity index (χ1n) is 4.99. The van der Waals surface area contributed by atoms with E-state index in [9.17, 15) is 0 Å². The molecule has 0 N–H and O–H groups in total. The highest BCUT2D eigenvalue weighted by Gasteiger charge is 2.21. The molecule has 1 rings (SSSR count). The summed E-state index contributed by atoms with van der Waals surface area (Å²) in [6, 6.07) is 0. The SMILES string of the molecule is COC1CCC(COC(=S)SC)CC1. The summed E-state index contributed by atoms with van der Waals surface area (Å²) in [5, 5.41) is 0. The molecule has 2 nitrogen and oxygen atoms in total. The van der Waals surface area contributed by atoms with E-state index in [0.29, 0.717) is 16.4 Å². The van der Waals surface area contributed by atoms with Crippen LogP contribution in [0.3, 0.4) is 0 Å². The highest BCUT2D eigenvalue weighted by Crippen LogP contribution is 2.26. The molecule has 0 atom stereocenters. The highest BCUT2D eigenvalue weighted by molar-refractivity contribution is 8.22. The second-order valence-corrected chi connectivity index (χ2v) is 5.05. The standard InChI is InChI=1S/C10H18O2S2/c1-11-9-5-3-8(4-6-9)7-12-10(13)14-2/h8-9H,3-7H2,1-2H3. The zero-order chi connectivity index (χ0) is 10.4. The molecule has 14 heavy (non-hydrogen) atoms. The minimum Gasteiger partial charge on any atom is -0.478 e. The van der Waals surface area contributed by atoms with Gasteiger partial charge in [-0.3, -0.25) is 0 Å². The molecule has 0 unspecified atom stereocenters. The van der Waals surface area contributed by atoms with Crippen LogP contribution in [0.1, 0.15) is 25.7 Å². The molecule has 0 radical (unpaired) electrons. The molecule has 1 aliphatic carbocycles. The molecule has 1 aliphatic rings. The van der Waals surface area contributed by atoms with Gasteiger partial charge in [-0.15, -0.1) is 0 Å². The number of hydrogen-bond donors (Lipinski definition) is 0. The van der Waals surface area contributed by atoms with Crippen molar-refractivity contribution in [2.24, 2.45) is 5.92 Å². The maximum Gasteiger partial charge on any atom is 0.219 e. The lowest BCUT2D eigenvalue weighted by atomic mass is 9.88. The van der Waals surface area contributed by atoms with Gasteiger partial charge in [-0.1, -0.05) is 11.8 Å². The quantitative estimate of drug-likeness (QED) is 0.699. The van der Waals surface area contributed by atoms with E-state index in [1.165, 1.54) is 24.6 Å². The molecule has 0 aromatic carbocycles. The summed E-state index contributed by atoms with van der Waals surface area (Å²) in [5.74, 6) is 0.673. The Balaban J connectivity index is 2.13. The molecular weight excluding hydrogens is 216 g/mol. The Kier molecular flexibility index (Phi) is 5.82. The van der Waals surface area contributed by atoms with Crippen LogP contribution in [0, 0.1) is 5.92 Å². The molecule has 4 heteroatoms. The molecule has 0 spiro atoms. The summed E-state index contributed by atoms with van der Waals surface area (Å²) >= 11 is 6.49. The van der Waals surface area contributed by atoms with E-state index in [0.717, 1.165) is 19.4 Å². The Bertz CT molecular complexity index is 177. The molecule has 0 amide bonds. The summed E-state index contributed by atoms with van der Waals surface area (Å²) in [5.41, 5.74) is 0. The molecule has 1 saturated carbocycles. The van der Waals surface area contributed by atoms with Crippen molar-refractivity contribution in [1.29, 1.82) is 0 Å². The summed E-state index contributed by atoms with van der Waals surface area (Å²) < 4.78 is 11.4. The number of ether oxygens (including phenoxy) is 2. The van der Waals surface area contributed by atoms with Crippen molar-refractivity contribution in [1.82, 2.24) is 0 Å². The second-order valence-electron chi connectivity index (χ2n) is 3.64. The molecule has 82 valence electrons. The lowest BCUT2D eigenvalue weighted by Gasteiger charge is -2.27. The summed E-state index contributed by atoms with van der Waals surface area (Å²) in [7, 11) is 1.80. The highest BCUT2D eigenvalue weighted by atomic mass is 32.2. The fourth-order valence-corrected chi connectivity index (χ4v) is 2.03. The Hall–Kier alpha value is 0.200. The van der Waals surface area contributed by atoms with Gasteiger partial charge in [0.25, 0.3) is 0 Å². The summed E-state index contributed by atoms with van der Waals surface area (Å²) in [6.45, 7) is 0.788. The van der Waals surface area contributed by atoms with E-state index >= 15 is 0 Å². The first kappa shape index (κ1) is 12.3. The van der Waals surface area contributed by atoms with Gasteiger partial charge in [0.1, 0.15) is 0 Å². The number of hydrogen-bond acceptors (Lipinski definition) is 4. The van der Waals surface area contributed by atoms with Crippen LogP contribution in [0.4, 0.5) is 0 Å². The first-order chi connectivity index (χ1) is 6.76. The normalized spacial score (nSPS) is 27.3. The van der Waals surface area contributed by atoms with E-state index in [1.54, 1.807) is 7.11 Å². The lowest BCUT2D eigenvalue weighted by Crippen LogP contribution is -2.23. The molecule has 1 fully saturated rings. The minimum absolute atomic E-state index is 0.471. The summed E-state index contributed by atoms with van der Waals surface area (Å²) in [4.78, 5) is 0. The average molecular weight is 234 g/mol. The van der Waals surface area contributed by atoms with Crippen LogP contribution in [0.5, 0.6) is 0 Å². The van der Waals surface area contributed by atoms with Crippen molar-refractivity contribution in [3.8, 4) is 0 Å². The van der Waals surface area contributed by atoms with Gasteiger partial charge in [-0.2, -0.15) is 0 Å². The maximum absolute atomic E-state index is 5.45. The predicted octanol–water partition coefficient (Wildman–Crippen LogP) is 2.86. The third-order valence-electron chi connectivity index (χ3n) is 2.73. The van der Waals surface area contributed by atoms with Gasteiger partial charge in [-0.05, 0) is 50.1 Å². The van der Waals surface area contributed by atoms with Crippen LogP contribution in [-0.4, -0.2) is 30.5 Å². The zero-order valence-electron chi connectivity index (χ0n) is 8.82. The van der Waals surface area contributed by atoms with E-state index in [2.05, 4.69) is 0 Å². The van der Waals surface area contributed by atoms with Gasteiger partial charge >= 0.3 is 0 Å². The van der Waals surface area contributed by atoms with Crippen LogP contribution in [0.2, 0.25) is 0 Å². The van der Waals surface area contributed by atoms with Crippen LogP contribution in [-0.2, 0) is 9.47 Å². The lowest BCUT2D eigenvalue weighted by molar-refractivity contribution is 0.0478. The number of thiocarbonyl (C=S) groups is 1. The molecule has 0 aromatic heterocycles. The van der Waals surface area contributed by atoms with Crippen molar-refractivity contribution in [2.45, 2.75) is 31.8 Å². The van der Waals surface area contributed by atoms with Crippen molar-refractivity contribution in [3.05, 3.63) is 0 Å². The molecule has 0 aromatic rings. The maximum atomic E-state index is 5.45. The van der Waals surface area contributed by atoms with Gasteiger partial charge in [0.2, 0.25) is 4.38 Å². The Morgan fingerprint density at radius 1 is 1.36 bits per heavy atom. The number of methoxy groups -OCH3 is 1. The second kappa shape index (κ2) is 6.64. The smallest absolute Gasteiger partial charge is 0.219 e. The van der Waals surface area contributed by atoms with E-state index in [-0.39, 0.29) is 0 Å². The Labute approximate surface area is 95.7 Å². The van der Waals surface area contributed by atoms with Gasteiger partial charge in [-0.25, -0.2) is 0 Å². The number of thioether (sulfide) groups is 1. The van der Waals surface area contributed by atoms with Crippen molar-refractivity contribution >= 4 is 28.4 Å². The predicted molar refractivity (Wildman–Crippen MR) is 64.8 cm³/mol. The zero-order valence-corrected chi connectivity index (χ0v) is 10.5. The van der Waals surface area contributed by atoms with Gasteiger partial charge in [0.05, 0.1) is 12.7 Å². The van der Waals surface area contributed by atoms with E-state index in [1.807, 2.05) is 6.26 Å². The van der Waals surface area contributed by atoms with Crippen molar-refractivity contribution < 1.29 is 9.47 Å². The molecule has 0 heterocycles. The third kappa shape index (κ3) is 4.15. The van der Waals surface area contributed by atoms with Crippen LogP contribution < -0.4 is 0 Å². The minimum atomic E-state index is 0.471. The topological polar surface area (TPSA) is 18.5 Å². The fraction of sp³-hybridized carbons (Fsp3) is 0.900. The van der Waals surface area contributed by atoms with Crippen LogP contribution in [0.15, 0.2) is 0 Å². The third-order valence-corrected chi connectivity index (χ3v) is 3.80. The monoisotopic (exact) mass is 234 g/mol. The summed E-state index contributed by atoms with van der Waals surface area (Å²) in [6.07, 6.45) is 7.15.